The molecule has 2 heterocycles. The molecule has 0 aliphatic carbocycles. The van der Waals surface area contributed by atoms with Crippen molar-refractivity contribution in [3.05, 3.63) is 88.5 Å². The molecule has 184 valence electrons. The molecule has 8 heteroatoms. The van der Waals surface area contributed by atoms with Crippen molar-refractivity contribution in [1.29, 1.82) is 0 Å². The number of methoxy groups -OCH3 is 2. The Morgan fingerprint density at radius 2 is 1.86 bits per heavy atom. The summed E-state index contributed by atoms with van der Waals surface area (Å²) >= 11 is 0. The molecule has 0 radical (unpaired) electrons. The maximum Gasteiger partial charge on any atom is 0.306 e. The highest BCUT2D eigenvalue weighted by Gasteiger charge is 2.28. The average molecular weight is 485 g/mol. The summed E-state index contributed by atoms with van der Waals surface area (Å²) in [7, 11) is 4.87. The molecule has 1 amide bonds. The van der Waals surface area contributed by atoms with E-state index in [0.717, 1.165) is 33.5 Å². The van der Waals surface area contributed by atoms with Gasteiger partial charge in [0.1, 0.15) is 11.3 Å². The number of nitrogens with zero attached hydrogens (tertiary/aromatic N) is 4. The van der Waals surface area contributed by atoms with Crippen molar-refractivity contribution in [2.45, 2.75) is 25.3 Å². The third-order valence-electron chi connectivity index (χ3n) is 6.94. The molecule has 0 saturated carbocycles. The quantitative estimate of drug-likeness (QED) is 0.386. The van der Waals surface area contributed by atoms with Crippen molar-refractivity contribution >= 4 is 22.9 Å². The van der Waals surface area contributed by atoms with Gasteiger partial charge >= 0.3 is 5.97 Å². The predicted octanol–water partition coefficient (Wildman–Crippen LogP) is 3.87. The van der Waals surface area contributed by atoms with Crippen LogP contribution >= 0.6 is 0 Å². The maximum atomic E-state index is 13.2. The lowest BCUT2D eigenvalue weighted by Crippen LogP contribution is -2.36. The topological polar surface area (TPSA) is 86.5 Å². The summed E-state index contributed by atoms with van der Waals surface area (Å²) in [4.78, 5) is 27.5. The van der Waals surface area contributed by atoms with Crippen molar-refractivity contribution in [3.8, 4) is 5.75 Å². The zero-order valence-corrected chi connectivity index (χ0v) is 20.6. The molecule has 3 aromatic carbocycles. The van der Waals surface area contributed by atoms with Gasteiger partial charge < -0.3 is 14.4 Å². The van der Waals surface area contributed by atoms with Crippen LogP contribution in [-0.4, -0.2) is 52.5 Å². The van der Waals surface area contributed by atoms with E-state index in [1.165, 1.54) is 12.7 Å². The number of fused-ring (bicyclic) bond motifs is 2. The first-order valence-corrected chi connectivity index (χ1v) is 11.9. The first kappa shape index (κ1) is 23.5. The van der Waals surface area contributed by atoms with Crippen LogP contribution in [0.5, 0.6) is 5.75 Å². The Labute approximate surface area is 209 Å². The Balaban J connectivity index is 1.47. The fourth-order valence-corrected chi connectivity index (χ4v) is 4.99. The first-order chi connectivity index (χ1) is 17.5. The summed E-state index contributed by atoms with van der Waals surface area (Å²) in [5.74, 6) is 0.246. The zero-order chi connectivity index (χ0) is 25.2. The van der Waals surface area contributed by atoms with Crippen LogP contribution in [0, 0.1) is 0 Å². The number of esters is 1. The number of hydrogen-bond donors (Lipinski definition) is 0. The van der Waals surface area contributed by atoms with E-state index in [9.17, 15) is 9.59 Å². The number of rotatable bonds is 6. The van der Waals surface area contributed by atoms with Crippen molar-refractivity contribution in [2.75, 3.05) is 20.8 Å². The van der Waals surface area contributed by atoms with Crippen molar-refractivity contribution in [2.24, 2.45) is 7.05 Å². The second kappa shape index (κ2) is 9.81. The molecule has 0 bridgehead atoms. The van der Waals surface area contributed by atoms with Gasteiger partial charge in [-0.25, -0.2) is 4.68 Å². The summed E-state index contributed by atoms with van der Waals surface area (Å²) in [6.07, 6.45) is 0.922. The SMILES string of the molecule is COC(=O)CC(c1ccc2c(c1)nnn2C)c1cccc2c1CCN(C(=O)c1ccc(OC)cc1)C2. The van der Waals surface area contributed by atoms with Crippen LogP contribution in [0.15, 0.2) is 60.7 Å². The molecule has 1 unspecified atom stereocenters. The molecule has 1 aliphatic rings. The lowest BCUT2D eigenvalue weighted by Gasteiger charge is -2.32. The Morgan fingerprint density at radius 1 is 1.06 bits per heavy atom. The number of carbonyl (C=O) groups excluding carboxylic acids is 2. The second-order valence-electron chi connectivity index (χ2n) is 8.98. The van der Waals surface area contributed by atoms with Gasteiger partial charge in [0, 0.05) is 31.6 Å². The van der Waals surface area contributed by atoms with E-state index in [2.05, 4.69) is 22.4 Å². The van der Waals surface area contributed by atoms with Gasteiger partial charge in [-0.05, 0) is 65.1 Å². The second-order valence-corrected chi connectivity index (χ2v) is 8.98. The van der Waals surface area contributed by atoms with Crippen LogP contribution in [0.4, 0.5) is 0 Å². The van der Waals surface area contributed by atoms with Crippen LogP contribution in [0.1, 0.15) is 45.0 Å². The number of aromatic nitrogens is 3. The summed E-state index contributed by atoms with van der Waals surface area (Å²) < 4.78 is 12.0. The van der Waals surface area contributed by atoms with E-state index in [1.807, 2.05) is 36.2 Å². The fraction of sp³-hybridized carbons (Fsp3) is 0.286. The zero-order valence-electron chi connectivity index (χ0n) is 20.6. The lowest BCUT2D eigenvalue weighted by molar-refractivity contribution is -0.140. The molecule has 1 aliphatic heterocycles. The molecular formula is C28H28N4O4. The number of benzene rings is 3. The molecule has 36 heavy (non-hydrogen) atoms. The first-order valence-electron chi connectivity index (χ1n) is 11.9. The number of carbonyl (C=O) groups is 2. The van der Waals surface area contributed by atoms with Gasteiger partial charge in [0.25, 0.3) is 5.91 Å². The lowest BCUT2D eigenvalue weighted by atomic mass is 9.82. The largest absolute Gasteiger partial charge is 0.497 e. The van der Waals surface area contributed by atoms with E-state index in [4.69, 9.17) is 9.47 Å². The normalized spacial score (nSPS) is 13.8. The minimum Gasteiger partial charge on any atom is -0.497 e. The number of aryl methyl sites for hydroxylation is 1. The van der Waals surface area contributed by atoms with Crippen LogP contribution in [0.25, 0.3) is 11.0 Å². The van der Waals surface area contributed by atoms with E-state index in [-0.39, 0.29) is 24.2 Å². The monoisotopic (exact) mass is 484 g/mol. The van der Waals surface area contributed by atoms with E-state index < -0.39 is 0 Å². The highest BCUT2D eigenvalue weighted by molar-refractivity contribution is 5.94. The Bertz CT molecular complexity index is 1430. The standard InChI is InChI=1S/C28H28N4O4/c1-31-26-12-9-19(15-25(26)29-30-31)24(16-27(33)36-3)23-6-4-5-20-17-32(14-13-22(20)23)28(34)18-7-10-21(35-2)11-8-18/h4-12,15,24H,13-14,16-17H2,1-3H3. The molecule has 8 nitrogen and oxygen atoms in total. The van der Waals surface area contributed by atoms with Crippen molar-refractivity contribution in [1.82, 2.24) is 19.9 Å². The molecule has 0 fully saturated rings. The van der Waals surface area contributed by atoms with Crippen molar-refractivity contribution < 1.29 is 19.1 Å². The van der Waals surface area contributed by atoms with Gasteiger partial charge in [0.15, 0.2) is 0 Å². The van der Waals surface area contributed by atoms with Crippen LogP contribution in [0.2, 0.25) is 0 Å². The minimum absolute atomic E-state index is 0.00656. The third kappa shape index (κ3) is 4.42. The van der Waals surface area contributed by atoms with Crippen LogP contribution < -0.4 is 4.74 Å². The van der Waals surface area contributed by atoms with Gasteiger partial charge in [-0.2, -0.15) is 0 Å². The Morgan fingerprint density at radius 3 is 2.61 bits per heavy atom. The van der Waals surface area contributed by atoms with E-state index in [1.54, 1.807) is 36.1 Å². The van der Waals surface area contributed by atoms with Crippen molar-refractivity contribution in [3.63, 3.8) is 0 Å². The molecular weight excluding hydrogens is 456 g/mol. The molecule has 0 spiro atoms. The highest BCUT2D eigenvalue weighted by Crippen LogP contribution is 2.36. The Hall–Kier alpha value is -4.20. The van der Waals surface area contributed by atoms with Gasteiger partial charge in [0.2, 0.25) is 0 Å². The number of hydrogen-bond acceptors (Lipinski definition) is 6. The molecule has 0 N–H and O–H groups in total. The summed E-state index contributed by atoms with van der Waals surface area (Å²) in [6, 6.07) is 19.3. The van der Waals surface area contributed by atoms with Gasteiger partial charge in [0.05, 0.1) is 26.2 Å². The maximum absolute atomic E-state index is 13.2. The van der Waals surface area contributed by atoms with Crippen LogP contribution in [0.3, 0.4) is 0 Å². The minimum atomic E-state index is -0.274. The third-order valence-corrected chi connectivity index (χ3v) is 6.94. The Kier molecular flexibility index (Phi) is 6.41. The van der Waals surface area contributed by atoms with Gasteiger partial charge in [-0.1, -0.05) is 29.5 Å². The molecule has 5 rings (SSSR count). The van der Waals surface area contributed by atoms with E-state index >= 15 is 0 Å². The van der Waals surface area contributed by atoms with Gasteiger partial charge in [-0.15, -0.1) is 5.10 Å². The molecule has 0 saturated heterocycles. The average Bonchev–Trinajstić information content (AvgIpc) is 3.30. The molecule has 4 aromatic rings. The predicted molar refractivity (Wildman–Crippen MR) is 135 cm³/mol. The van der Waals surface area contributed by atoms with E-state index in [0.29, 0.717) is 25.1 Å². The van der Waals surface area contributed by atoms with Crippen LogP contribution in [-0.2, 0) is 29.5 Å². The summed E-state index contributed by atoms with van der Waals surface area (Å²) in [5, 5.41) is 8.36. The fourth-order valence-electron chi connectivity index (χ4n) is 4.99. The molecule has 1 atom stereocenters. The molecule has 1 aromatic heterocycles. The summed E-state index contributed by atoms with van der Waals surface area (Å²) in [5.41, 5.74) is 6.69. The number of amides is 1. The number of ether oxygens (including phenoxy) is 2. The smallest absolute Gasteiger partial charge is 0.306 e. The summed E-state index contributed by atoms with van der Waals surface area (Å²) in [6.45, 7) is 1.12. The van der Waals surface area contributed by atoms with Gasteiger partial charge in [-0.3, -0.25) is 9.59 Å². The highest BCUT2D eigenvalue weighted by atomic mass is 16.5.